The number of carbonyl (C=O) groups excluding carboxylic acids is 1. The number of ether oxygens (including phenoxy) is 2. The van der Waals surface area contributed by atoms with Crippen LogP contribution in [-0.4, -0.2) is 18.2 Å². The largest absolute Gasteiger partial charge is 0.463 e. The van der Waals surface area contributed by atoms with Crippen molar-refractivity contribution < 1.29 is 14.3 Å². The normalized spacial score (nSPS) is 36.5. The van der Waals surface area contributed by atoms with Crippen LogP contribution in [0.4, 0.5) is 0 Å². The molecule has 4 heteroatoms. The van der Waals surface area contributed by atoms with Crippen molar-refractivity contribution in [3.8, 4) is 0 Å². The van der Waals surface area contributed by atoms with E-state index in [9.17, 15) is 4.79 Å². The van der Waals surface area contributed by atoms with Gasteiger partial charge in [0.2, 0.25) is 5.60 Å². The standard InChI is InChI=1S/C12H11ClO3/c1-11(8-2-4-9(13)5-3-8)12(16-11)6-7-15-10(12)14/h2-5H,6-7H2,1H3/t11-,12-/m1/s1. The van der Waals surface area contributed by atoms with Crippen molar-refractivity contribution in [1.82, 2.24) is 0 Å². The molecule has 0 saturated carbocycles. The third-order valence-electron chi connectivity index (χ3n) is 3.52. The van der Waals surface area contributed by atoms with E-state index < -0.39 is 11.2 Å². The van der Waals surface area contributed by atoms with Crippen LogP contribution >= 0.6 is 11.6 Å². The molecule has 2 aliphatic heterocycles. The Bertz CT molecular complexity index is 456. The quantitative estimate of drug-likeness (QED) is 0.557. The van der Waals surface area contributed by atoms with Gasteiger partial charge in [0.25, 0.3) is 0 Å². The molecule has 84 valence electrons. The highest BCUT2D eigenvalue weighted by atomic mass is 35.5. The second-order valence-electron chi connectivity index (χ2n) is 4.36. The third kappa shape index (κ3) is 1.10. The van der Waals surface area contributed by atoms with Crippen molar-refractivity contribution >= 4 is 17.6 Å². The van der Waals surface area contributed by atoms with Crippen molar-refractivity contribution in [3.05, 3.63) is 34.9 Å². The highest BCUT2D eigenvalue weighted by Crippen LogP contribution is 2.60. The lowest BCUT2D eigenvalue weighted by Gasteiger charge is -2.09. The minimum absolute atomic E-state index is 0.245. The average Bonchev–Trinajstić information content (AvgIpc) is 2.70. The molecule has 1 spiro atoms. The van der Waals surface area contributed by atoms with E-state index >= 15 is 0 Å². The van der Waals surface area contributed by atoms with Gasteiger partial charge in [-0.3, -0.25) is 0 Å². The van der Waals surface area contributed by atoms with Crippen LogP contribution in [0, 0.1) is 0 Å². The van der Waals surface area contributed by atoms with Crippen LogP contribution in [0.2, 0.25) is 5.02 Å². The van der Waals surface area contributed by atoms with Gasteiger partial charge in [-0.05, 0) is 24.6 Å². The number of esters is 1. The monoisotopic (exact) mass is 238 g/mol. The van der Waals surface area contributed by atoms with Gasteiger partial charge in [0.05, 0.1) is 6.61 Å². The zero-order valence-corrected chi connectivity index (χ0v) is 9.58. The van der Waals surface area contributed by atoms with E-state index in [0.717, 1.165) is 5.56 Å². The highest BCUT2D eigenvalue weighted by molar-refractivity contribution is 6.30. The molecule has 16 heavy (non-hydrogen) atoms. The molecule has 2 fully saturated rings. The second-order valence-corrected chi connectivity index (χ2v) is 4.79. The predicted molar refractivity (Wildman–Crippen MR) is 58.2 cm³/mol. The number of hydrogen-bond acceptors (Lipinski definition) is 3. The van der Waals surface area contributed by atoms with E-state index in [4.69, 9.17) is 21.1 Å². The number of hydrogen-bond donors (Lipinski definition) is 0. The van der Waals surface area contributed by atoms with Gasteiger partial charge in [-0.15, -0.1) is 0 Å². The summed E-state index contributed by atoms with van der Waals surface area (Å²) in [6.45, 7) is 2.37. The maximum atomic E-state index is 11.6. The molecule has 0 bridgehead atoms. The molecule has 2 heterocycles. The zero-order chi connectivity index (χ0) is 11.4. The molecule has 0 radical (unpaired) electrons. The van der Waals surface area contributed by atoms with E-state index in [0.29, 0.717) is 18.1 Å². The third-order valence-corrected chi connectivity index (χ3v) is 3.77. The Kier molecular flexibility index (Phi) is 1.89. The maximum absolute atomic E-state index is 11.6. The van der Waals surface area contributed by atoms with Gasteiger partial charge < -0.3 is 9.47 Å². The molecule has 0 amide bonds. The number of epoxide rings is 1. The summed E-state index contributed by atoms with van der Waals surface area (Å²) < 4.78 is 10.7. The Morgan fingerprint density at radius 2 is 2.00 bits per heavy atom. The lowest BCUT2D eigenvalue weighted by atomic mass is 9.87. The van der Waals surface area contributed by atoms with Crippen molar-refractivity contribution in [1.29, 1.82) is 0 Å². The van der Waals surface area contributed by atoms with E-state index in [1.54, 1.807) is 12.1 Å². The van der Waals surface area contributed by atoms with E-state index in [1.165, 1.54) is 0 Å². The topological polar surface area (TPSA) is 38.8 Å². The first-order valence-electron chi connectivity index (χ1n) is 5.22. The molecule has 0 aromatic heterocycles. The highest BCUT2D eigenvalue weighted by Gasteiger charge is 2.75. The van der Waals surface area contributed by atoms with E-state index in [1.807, 2.05) is 19.1 Å². The molecular formula is C12H11ClO3. The predicted octanol–water partition coefficient (Wildman–Crippen LogP) is 2.27. The number of carbonyl (C=O) groups is 1. The van der Waals surface area contributed by atoms with Crippen LogP contribution < -0.4 is 0 Å². The number of benzene rings is 1. The van der Waals surface area contributed by atoms with Gasteiger partial charge in [-0.2, -0.15) is 0 Å². The van der Waals surface area contributed by atoms with Crippen LogP contribution in [0.15, 0.2) is 24.3 Å². The summed E-state index contributed by atoms with van der Waals surface area (Å²) in [5.74, 6) is -0.245. The summed E-state index contributed by atoms with van der Waals surface area (Å²) >= 11 is 5.83. The number of cyclic esters (lactones) is 1. The number of halogens is 1. The lowest BCUT2D eigenvalue weighted by Crippen LogP contribution is -2.26. The van der Waals surface area contributed by atoms with Crippen LogP contribution in [0.25, 0.3) is 0 Å². The van der Waals surface area contributed by atoms with Gasteiger partial charge in [0.15, 0.2) is 0 Å². The fourth-order valence-corrected chi connectivity index (χ4v) is 2.54. The number of rotatable bonds is 1. The molecule has 0 N–H and O–H groups in total. The van der Waals surface area contributed by atoms with E-state index in [2.05, 4.69) is 0 Å². The summed E-state index contributed by atoms with van der Waals surface area (Å²) in [5.41, 5.74) is -0.331. The molecular weight excluding hydrogens is 228 g/mol. The first-order valence-corrected chi connectivity index (χ1v) is 5.60. The summed E-state index contributed by atoms with van der Waals surface area (Å²) in [6, 6.07) is 7.39. The molecule has 2 aliphatic rings. The first-order chi connectivity index (χ1) is 7.58. The first kappa shape index (κ1) is 10.1. The van der Waals surface area contributed by atoms with Gasteiger partial charge in [-0.25, -0.2) is 4.79 Å². The van der Waals surface area contributed by atoms with Crippen molar-refractivity contribution in [2.75, 3.05) is 6.61 Å². The molecule has 3 rings (SSSR count). The minimum atomic E-state index is -0.749. The molecule has 1 aromatic rings. The van der Waals surface area contributed by atoms with E-state index in [-0.39, 0.29) is 5.97 Å². The summed E-state index contributed by atoms with van der Waals surface area (Å²) in [5, 5.41) is 0.677. The minimum Gasteiger partial charge on any atom is -0.463 e. The average molecular weight is 239 g/mol. The van der Waals surface area contributed by atoms with Gasteiger partial charge in [-0.1, -0.05) is 23.7 Å². The van der Waals surface area contributed by atoms with Crippen LogP contribution in [0.5, 0.6) is 0 Å². The molecule has 0 unspecified atom stereocenters. The molecule has 2 saturated heterocycles. The van der Waals surface area contributed by atoms with Crippen LogP contribution in [-0.2, 0) is 19.9 Å². The zero-order valence-electron chi connectivity index (χ0n) is 8.83. The smallest absolute Gasteiger partial charge is 0.342 e. The van der Waals surface area contributed by atoms with Crippen molar-refractivity contribution in [3.63, 3.8) is 0 Å². The summed E-state index contributed by atoms with van der Waals surface area (Å²) in [7, 11) is 0. The van der Waals surface area contributed by atoms with Crippen LogP contribution in [0.1, 0.15) is 18.9 Å². The fraction of sp³-hybridized carbons (Fsp3) is 0.417. The Labute approximate surface area is 98.3 Å². The van der Waals surface area contributed by atoms with Crippen molar-refractivity contribution in [2.24, 2.45) is 0 Å². The SMILES string of the molecule is C[C@]1(c2ccc(Cl)cc2)O[C@@]12CCOC2=O. The second kappa shape index (κ2) is 2.99. The Morgan fingerprint density at radius 1 is 1.31 bits per heavy atom. The maximum Gasteiger partial charge on any atom is 0.342 e. The molecule has 3 nitrogen and oxygen atoms in total. The Balaban J connectivity index is 1.97. The van der Waals surface area contributed by atoms with Gasteiger partial charge >= 0.3 is 5.97 Å². The molecule has 1 aromatic carbocycles. The summed E-state index contributed by atoms with van der Waals surface area (Å²) in [6.07, 6.45) is 0.630. The van der Waals surface area contributed by atoms with Crippen molar-refractivity contribution in [2.45, 2.75) is 24.5 Å². The summed E-state index contributed by atoms with van der Waals surface area (Å²) in [4.78, 5) is 11.6. The van der Waals surface area contributed by atoms with Gasteiger partial charge in [0.1, 0.15) is 5.60 Å². The molecule has 2 atom stereocenters. The van der Waals surface area contributed by atoms with Crippen LogP contribution in [0.3, 0.4) is 0 Å². The van der Waals surface area contributed by atoms with Gasteiger partial charge in [0, 0.05) is 11.4 Å². The fourth-order valence-electron chi connectivity index (χ4n) is 2.42. The Morgan fingerprint density at radius 3 is 2.56 bits per heavy atom. The Hall–Kier alpha value is -1.06. The molecule has 0 aliphatic carbocycles. The lowest BCUT2D eigenvalue weighted by molar-refractivity contribution is -0.142.